The van der Waals surface area contributed by atoms with Crippen LogP contribution in [-0.2, 0) is 6.54 Å². The van der Waals surface area contributed by atoms with Gasteiger partial charge < -0.3 is 9.73 Å². The number of hydrogen-bond donors (Lipinski definition) is 2. The van der Waals surface area contributed by atoms with Gasteiger partial charge in [0, 0.05) is 5.39 Å². The lowest BCUT2D eigenvalue weighted by Gasteiger charge is -2.05. The number of H-pyrrole nitrogens is 1. The largest absolute Gasteiger partial charge is 0.454 e. The molecule has 2 aromatic heterocycles. The van der Waals surface area contributed by atoms with Gasteiger partial charge in [-0.05, 0) is 40.8 Å². The Morgan fingerprint density at radius 3 is 3.06 bits per heavy atom. The van der Waals surface area contributed by atoms with Crippen molar-refractivity contribution in [2.24, 2.45) is 0 Å². The summed E-state index contributed by atoms with van der Waals surface area (Å²) in [6, 6.07) is 9.98. The second kappa shape index (κ2) is 4.40. The molecule has 0 radical (unpaired) electrons. The Labute approximate surface area is 112 Å². The fraction of sp³-hybridized carbons (Fsp3) is 0.0833. The molecule has 3 aromatic rings. The van der Waals surface area contributed by atoms with Crippen LogP contribution in [0.25, 0.3) is 10.9 Å². The Morgan fingerprint density at radius 2 is 2.24 bits per heavy atom. The number of halogens is 1. The minimum atomic E-state index is 0.668. The number of aromatic amines is 1. The topological polar surface area (TPSA) is 53.9 Å². The number of aromatic nitrogens is 2. The first kappa shape index (κ1) is 10.6. The second-order valence-electron chi connectivity index (χ2n) is 3.70. The van der Waals surface area contributed by atoms with Crippen LogP contribution >= 0.6 is 22.6 Å². The van der Waals surface area contributed by atoms with E-state index in [0.717, 1.165) is 26.1 Å². The molecule has 1 aromatic carbocycles. The number of fused-ring (bicyclic) bond motifs is 1. The number of rotatable bonds is 3. The third kappa shape index (κ3) is 2.14. The summed E-state index contributed by atoms with van der Waals surface area (Å²) < 4.78 is 6.40. The van der Waals surface area contributed by atoms with Crippen molar-refractivity contribution >= 4 is 39.2 Å². The van der Waals surface area contributed by atoms with Crippen LogP contribution < -0.4 is 5.32 Å². The van der Waals surface area contributed by atoms with Gasteiger partial charge in [0.2, 0.25) is 0 Å². The first-order chi connectivity index (χ1) is 8.33. The van der Waals surface area contributed by atoms with E-state index in [9.17, 15) is 0 Å². The van der Waals surface area contributed by atoms with Crippen LogP contribution in [0.3, 0.4) is 0 Å². The van der Waals surface area contributed by atoms with Crippen molar-refractivity contribution in [2.75, 3.05) is 5.32 Å². The van der Waals surface area contributed by atoms with Gasteiger partial charge in [-0.2, -0.15) is 5.10 Å². The van der Waals surface area contributed by atoms with E-state index < -0.39 is 0 Å². The van der Waals surface area contributed by atoms with Crippen molar-refractivity contribution in [3.63, 3.8) is 0 Å². The third-order valence-corrected chi connectivity index (χ3v) is 3.14. The molecule has 0 aliphatic heterocycles. The molecule has 2 N–H and O–H groups in total. The Bertz CT molecular complexity index is 644. The van der Waals surface area contributed by atoms with E-state index in [2.05, 4.69) is 38.1 Å². The highest BCUT2D eigenvalue weighted by atomic mass is 127. The van der Waals surface area contributed by atoms with Gasteiger partial charge in [-0.1, -0.05) is 12.1 Å². The molecule has 0 spiro atoms. The van der Waals surface area contributed by atoms with Crippen LogP contribution in [0.15, 0.2) is 40.9 Å². The predicted octanol–water partition coefficient (Wildman–Crippen LogP) is 3.37. The maximum Gasteiger partial charge on any atom is 0.164 e. The highest BCUT2D eigenvalue weighted by Crippen LogP contribution is 2.21. The molecule has 0 aliphatic carbocycles. The van der Waals surface area contributed by atoms with E-state index in [1.54, 1.807) is 0 Å². The normalized spacial score (nSPS) is 10.9. The lowest BCUT2D eigenvalue weighted by molar-refractivity contribution is 0.493. The minimum Gasteiger partial charge on any atom is -0.454 e. The van der Waals surface area contributed by atoms with Gasteiger partial charge in [0.1, 0.15) is 5.76 Å². The van der Waals surface area contributed by atoms with Gasteiger partial charge >= 0.3 is 0 Å². The fourth-order valence-electron chi connectivity index (χ4n) is 1.75. The molecule has 5 heteroatoms. The van der Waals surface area contributed by atoms with Gasteiger partial charge in [-0.3, -0.25) is 5.10 Å². The number of hydrogen-bond acceptors (Lipinski definition) is 3. The summed E-state index contributed by atoms with van der Waals surface area (Å²) in [4.78, 5) is 0. The van der Waals surface area contributed by atoms with Crippen molar-refractivity contribution in [3.8, 4) is 0 Å². The average molecular weight is 339 g/mol. The number of nitrogens with zero attached hydrogens (tertiary/aromatic N) is 1. The van der Waals surface area contributed by atoms with E-state index in [-0.39, 0.29) is 0 Å². The Kier molecular flexibility index (Phi) is 2.76. The molecule has 0 aliphatic rings. The maximum absolute atomic E-state index is 5.50. The fourth-order valence-corrected chi connectivity index (χ4v) is 2.21. The molecule has 0 amide bonds. The number of anilines is 1. The highest BCUT2D eigenvalue weighted by Gasteiger charge is 2.03. The van der Waals surface area contributed by atoms with Gasteiger partial charge in [-0.15, -0.1) is 0 Å². The summed E-state index contributed by atoms with van der Waals surface area (Å²) in [5.41, 5.74) is 2.06. The molecule has 17 heavy (non-hydrogen) atoms. The summed E-state index contributed by atoms with van der Waals surface area (Å²) in [7, 11) is 0. The summed E-state index contributed by atoms with van der Waals surface area (Å²) in [6.07, 6.45) is 1.82. The Balaban J connectivity index is 1.83. The molecule has 0 saturated heterocycles. The van der Waals surface area contributed by atoms with E-state index in [1.165, 1.54) is 0 Å². The molecule has 2 heterocycles. The first-order valence-corrected chi connectivity index (χ1v) is 6.31. The average Bonchev–Trinajstić information content (AvgIpc) is 2.94. The molecule has 3 rings (SSSR count). The molecule has 0 atom stereocenters. The monoisotopic (exact) mass is 339 g/mol. The minimum absolute atomic E-state index is 0.668. The second-order valence-corrected chi connectivity index (χ2v) is 4.76. The molecule has 0 unspecified atom stereocenters. The number of benzene rings is 1. The number of nitrogens with one attached hydrogen (secondary N) is 2. The SMILES string of the molecule is Ic1ccc(CNc2cccc3cn[nH]c23)o1. The Hall–Kier alpha value is -1.50. The van der Waals surface area contributed by atoms with Gasteiger partial charge in [0.15, 0.2) is 3.77 Å². The van der Waals surface area contributed by atoms with Crippen LogP contribution in [0.4, 0.5) is 5.69 Å². The number of furan rings is 1. The van der Waals surface area contributed by atoms with Crippen LogP contribution in [-0.4, -0.2) is 10.2 Å². The molecular formula is C12H10IN3O. The van der Waals surface area contributed by atoms with Crippen molar-refractivity contribution in [2.45, 2.75) is 6.54 Å². The number of para-hydroxylation sites is 1. The quantitative estimate of drug-likeness (QED) is 0.720. The lowest BCUT2D eigenvalue weighted by atomic mass is 10.2. The van der Waals surface area contributed by atoms with Crippen LogP contribution in [0.5, 0.6) is 0 Å². The van der Waals surface area contributed by atoms with Crippen molar-refractivity contribution < 1.29 is 4.42 Å². The summed E-state index contributed by atoms with van der Waals surface area (Å²) in [5.74, 6) is 0.922. The van der Waals surface area contributed by atoms with E-state index in [0.29, 0.717) is 6.54 Å². The van der Waals surface area contributed by atoms with Crippen LogP contribution in [0.2, 0.25) is 0 Å². The maximum atomic E-state index is 5.50. The first-order valence-electron chi connectivity index (χ1n) is 5.23. The Morgan fingerprint density at radius 1 is 1.29 bits per heavy atom. The highest BCUT2D eigenvalue weighted by molar-refractivity contribution is 14.1. The summed E-state index contributed by atoms with van der Waals surface area (Å²) in [6.45, 7) is 0.668. The van der Waals surface area contributed by atoms with Gasteiger partial charge in [-0.25, -0.2) is 0 Å². The third-order valence-electron chi connectivity index (χ3n) is 2.56. The molecule has 86 valence electrons. The van der Waals surface area contributed by atoms with Crippen LogP contribution in [0.1, 0.15) is 5.76 Å². The van der Waals surface area contributed by atoms with Crippen molar-refractivity contribution in [1.29, 1.82) is 0 Å². The van der Waals surface area contributed by atoms with E-state index in [4.69, 9.17) is 4.42 Å². The van der Waals surface area contributed by atoms with Crippen LogP contribution in [0, 0.1) is 3.77 Å². The predicted molar refractivity (Wildman–Crippen MR) is 74.8 cm³/mol. The molecule has 0 bridgehead atoms. The van der Waals surface area contributed by atoms with Crippen molar-refractivity contribution in [1.82, 2.24) is 10.2 Å². The smallest absolute Gasteiger partial charge is 0.164 e. The zero-order valence-electron chi connectivity index (χ0n) is 8.90. The molecule has 0 saturated carbocycles. The summed E-state index contributed by atoms with van der Waals surface area (Å²) in [5, 5.41) is 11.5. The molecule has 4 nitrogen and oxygen atoms in total. The summed E-state index contributed by atoms with van der Waals surface area (Å²) >= 11 is 2.16. The van der Waals surface area contributed by atoms with Crippen molar-refractivity contribution in [3.05, 3.63) is 46.1 Å². The lowest BCUT2D eigenvalue weighted by Crippen LogP contribution is -1.98. The standard InChI is InChI=1S/C12H10IN3O/c13-11-5-4-9(17-11)7-14-10-3-1-2-8-6-15-16-12(8)10/h1-6,14H,7H2,(H,15,16). The van der Waals surface area contributed by atoms with Gasteiger partial charge in [0.25, 0.3) is 0 Å². The van der Waals surface area contributed by atoms with E-state index in [1.807, 2.05) is 36.5 Å². The van der Waals surface area contributed by atoms with Gasteiger partial charge in [0.05, 0.1) is 23.9 Å². The molecular weight excluding hydrogens is 329 g/mol. The molecule has 0 fully saturated rings. The van der Waals surface area contributed by atoms with E-state index >= 15 is 0 Å². The zero-order valence-corrected chi connectivity index (χ0v) is 11.1. The zero-order chi connectivity index (χ0) is 11.7.